The van der Waals surface area contributed by atoms with E-state index in [-0.39, 0.29) is 12.1 Å². The minimum atomic E-state index is -0.257. The number of nitrogens with two attached hydrogens (primary N) is 1. The van der Waals surface area contributed by atoms with Crippen molar-refractivity contribution >= 4 is 11.4 Å². The molecule has 1 aromatic carbocycles. The quantitative estimate of drug-likeness (QED) is 0.702. The Bertz CT molecular complexity index is 382. The van der Waals surface area contributed by atoms with Crippen LogP contribution in [0.3, 0.4) is 0 Å². The molecule has 0 amide bonds. The van der Waals surface area contributed by atoms with Crippen molar-refractivity contribution in [1.82, 2.24) is 0 Å². The lowest BCUT2D eigenvalue weighted by molar-refractivity contribution is 0.116. The molecule has 1 aliphatic rings. The van der Waals surface area contributed by atoms with Gasteiger partial charge in [0.1, 0.15) is 5.75 Å². The molecule has 0 saturated heterocycles. The SMILES string of the molecule is COc1cc(NC2CCCCC2O)ccc1N. The van der Waals surface area contributed by atoms with Crippen LogP contribution in [0.15, 0.2) is 18.2 Å². The number of ether oxygens (including phenoxy) is 1. The zero-order valence-electron chi connectivity index (χ0n) is 10.1. The summed E-state index contributed by atoms with van der Waals surface area (Å²) >= 11 is 0. The number of methoxy groups -OCH3 is 1. The molecule has 2 unspecified atom stereocenters. The third-order valence-corrected chi connectivity index (χ3v) is 3.32. The Morgan fingerprint density at radius 1 is 1.35 bits per heavy atom. The van der Waals surface area contributed by atoms with Gasteiger partial charge in [-0.2, -0.15) is 0 Å². The fourth-order valence-electron chi connectivity index (χ4n) is 2.29. The number of anilines is 2. The van der Waals surface area contributed by atoms with Crippen LogP contribution >= 0.6 is 0 Å². The molecule has 94 valence electrons. The van der Waals surface area contributed by atoms with E-state index in [1.54, 1.807) is 7.11 Å². The Labute approximate surface area is 102 Å². The highest BCUT2D eigenvalue weighted by Crippen LogP contribution is 2.27. The summed E-state index contributed by atoms with van der Waals surface area (Å²) in [6.45, 7) is 0. The Kier molecular flexibility index (Phi) is 3.74. The van der Waals surface area contributed by atoms with Crippen molar-refractivity contribution in [2.75, 3.05) is 18.2 Å². The topological polar surface area (TPSA) is 67.5 Å². The van der Waals surface area contributed by atoms with Gasteiger partial charge in [0.15, 0.2) is 0 Å². The molecule has 2 rings (SSSR count). The highest BCUT2D eigenvalue weighted by molar-refractivity contribution is 5.61. The molecule has 0 aromatic heterocycles. The normalized spacial score (nSPS) is 24.4. The van der Waals surface area contributed by atoms with Crippen molar-refractivity contribution < 1.29 is 9.84 Å². The van der Waals surface area contributed by atoms with Crippen LogP contribution < -0.4 is 15.8 Å². The summed E-state index contributed by atoms with van der Waals surface area (Å²) in [7, 11) is 1.60. The van der Waals surface area contributed by atoms with E-state index in [9.17, 15) is 5.11 Å². The van der Waals surface area contributed by atoms with E-state index in [4.69, 9.17) is 10.5 Å². The Balaban J connectivity index is 2.07. The molecular formula is C13H20N2O2. The van der Waals surface area contributed by atoms with Crippen molar-refractivity contribution in [2.45, 2.75) is 37.8 Å². The number of aliphatic hydroxyl groups is 1. The minimum Gasteiger partial charge on any atom is -0.495 e. The first-order valence-electron chi connectivity index (χ1n) is 6.09. The van der Waals surface area contributed by atoms with Crippen molar-refractivity contribution in [3.8, 4) is 5.75 Å². The molecule has 0 bridgehead atoms. The third kappa shape index (κ3) is 2.82. The van der Waals surface area contributed by atoms with Gasteiger partial charge in [0, 0.05) is 11.8 Å². The molecule has 0 radical (unpaired) electrons. The van der Waals surface area contributed by atoms with Crippen molar-refractivity contribution in [2.24, 2.45) is 0 Å². The van der Waals surface area contributed by atoms with E-state index in [2.05, 4.69) is 5.32 Å². The van der Waals surface area contributed by atoms with Crippen LogP contribution in [-0.4, -0.2) is 24.4 Å². The first-order chi connectivity index (χ1) is 8.20. The number of nitrogens with one attached hydrogen (secondary N) is 1. The molecule has 4 N–H and O–H groups in total. The molecular weight excluding hydrogens is 216 g/mol. The second kappa shape index (κ2) is 5.27. The molecule has 2 atom stereocenters. The van der Waals surface area contributed by atoms with E-state index in [0.29, 0.717) is 11.4 Å². The van der Waals surface area contributed by atoms with Crippen LogP contribution in [0.2, 0.25) is 0 Å². The molecule has 0 spiro atoms. The summed E-state index contributed by atoms with van der Waals surface area (Å²) in [6.07, 6.45) is 3.91. The fourth-order valence-corrected chi connectivity index (χ4v) is 2.29. The average Bonchev–Trinajstić information content (AvgIpc) is 2.34. The van der Waals surface area contributed by atoms with Gasteiger partial charge in [-0.05, 0) is 25.0 Å². The van der Waals surface area contributed by atoms with Crippen LogP contribution in [0.25, 0.3) is 0 Å². The van der Waals surface area contributed by atoms with Gasteiger partial charge < -0.3 is 20.9 Å². The largest absolute Gasteiger partial charge is 0.495 e. The number of hydrogen-bond donors (Lipinski definition) is 3. The second-order valence-corrected chi connectivity index (χ2v) is 4.56. The van der Waals surface area contributed by atoms with Crippen LogP contribution in [0.4, 0.5) is 11.4 Å². The summed E-state index contributed by atoms with van der Waals surface area (Å²) in [5.41, 5.74) is 7.33. The molecule has 1 fully saturated rings. The average molecular weight is 236 g/mol. The summed E-state index contributed by atoms with van der Waals surface area (Å²) in [5.74, 6) is 0.667. The summed E-state index contributed by atoms with van der Waals surface area (Å²) in [4.78, 5) is 0. The summed E-state index contributed by atoms with van der Waals surface area (Å²) in [5, 5.41) is 13.2. The molecule has 0 aliphatic heterocycles. The molecule has 1 aromatic rings. The first-order valence-corrected chi connectivity index (χ1v) is 6.09. The van der Waals surface area contributed by atoms with Gasteiger partial charge in [0.2, 0.25) is 0 Å². The lowest BCUT2D eigenvalue weighted by Gasteiger charge is -2.29. The second-order valence-electron chi connectivity index (χ2n) is 4.56. The molecule has 0 heterocycles. The Hall–Kier alpha value is -1.42. The molecule has 1 saturated carbocycles. The number of aliphatic hydroxyl groups excluding tert-OH is 1. The number of rotatable bonds is 3. The molecule has 4 heteroatoms. The van der Waals surface area contributed by atoms with Gasteiger partial charge in [-0.25, -0.2) is 0 Å². The zero-order valence-corrected chi connectivity index (χ0v) is 10.1. The van der Waals surface area contributed by atoms with E-state index >= 15 is 0 Å². The van der Waals surface area contributed by atoms with E-state index in [1.807, 2.05) is 18.2 Å². The van der Waals surface area contributed by atoms with Crippen molar-refractivity contribution in [1.29, 1.82) is 0 Å². The Morgan fingerprint density at radius 3 is 2.82 bits per heavy atom. The van der Waals surface area contributed by atoms with Crippen LogP contribution in [-0.2, 0) is 0 Å². The monoisotopic (exact) mass is 236 g/mol. The lowest BCUT2D eigenvalue weighted by Crippen LogP contribution is -2.36. The highest BCUT2D eigenvalue weighted by atomic mass is 16.5. The van der Waals surface area contributed by atoms with Crippen LogP contribution in [0.1, 0.15) is 25.7 Å². The van der Waals surface area contributed by atoms with E-state index < -0.39 is 0 Å². The number of nitrogen functional groups attached to an aromatic ring is 1. The number of hydrogen-bond acceptors (Lipinski definition) is 4. The van der Waals surface area contributed by atoms with Gasteiger partial charge >= 0.3 is 0 Å². The van der Waals surface area contributed by atoms with Crippen molar-refractivity contribution in [3.63, 3.8) is 0 Å². The maximum atomic E-state index is 9.89. The molecule has 17 heavy (non-hydrogen) atoms. The maximum absolute atomic E-state index is 9.89. The number of benzene rings is 1. The zero-order chi connectivity index (χ0) is 12.3. The predicted octanol–water partition coefficient (Wildman–Crippen LogP) is 1.99. The van der Waals surface area contributed by atoms with Gasteiger partial charge in [0.05, 0.1) is 24.9 Å². The smallest absolute Gasteiger partial charge is 0.143 e. The van der Waals surface area contributed by atoms with Gasteiger partial charge in [-0.3, -0.25) is 0 Å². The fraction of sp³-hybridized carbons (Fsp3) is 0.538. The molecule has 1 aliphatic carbocycles. The van der Waals surface area contributed by atoms with Crippen molar-refractivity contribution in [3.05, 3.63) is 18.2 Å². The lowest BCUT2D eigenvalue weighted by atomic mass is 9.92. The van der Waals surface area contributed by atoms with Crippen LogP contribution in [0.5, 0.6) is 5.75 Å². The third-order valence-electron chi connectivity index (χ3n) is 3.32. The predicted molar refractivity (Wildman–Crippen MR) is 69.3 cm³/mol. The van der Waals surface area contributed by atoms with Gasteiger partial charge in [-0.1, -0.05) is 12.8 Å². The maximum Gasteiger partial charge on any atom is 0.143 e. The molecule has 4 nitrogen and oxygen atoms in total. The standard InChI is InChI=1S/C13H20N2O2/c1-17-13-8-9(6-7-10(13)14)15-11-4-2-3-5-12(11)16/h6-8,11-12,15-16H,2-5,14H2,1H3. The van der Waals surface area contributed by atoms with E-state index in [0.717, 1.165) is 24.9 Å². The Morgan fingerprint density at radius 2 is 2.12 bits per heavy atom. The van der Waals surface area contributed by atoms with E-state index in [1.165, 1.54) is 6.42 Å². The summed E-state index contributed by atoms with van der Waals surface area (Å²) in [6, 6.07) is 5.74. The van der Waals surface area contributed by atoms with Gasteiger partial charge in [-0.15, -0.1) is 0 Å². The minimum absolute atomic E-state index is 0.136. The van der Waals surface area contributed by atoms with Crippen LogP contribution in [0, 0.1) is 0 Å². The van der Waals surface area contributed by atoms with Gasteiger partial charge in [0.25, 0.3) is 0 Å². The summed E-state index contributed by atoms with van der Waals surface area (Å²) < 4.78 is 5.17. The highest BCUT2D eigenvalue weighted by Gasteiger charge is 2.22. The first kappa shape index (κ1) is 12.0.